The molecule has 0 aliphatic carbocycles. The van der Waals surface area contributed by atoms with Crippen LogP contribution in [0.3, 0.4) is 0 Å². The first kappa shape index (κ1) is 12.7. The normalized spacial score (nSPS) is 11.5. The monoisotopic (exact) mass is 243 g/mol. The molecule has 1 aromatic carbocycles. The molecule has 0 saturated heterocycles. The van der Waals surface area contributed by atoms with Gasteiger partial charge in [0.1, 0.15) is 0 Å². The SMILES string of the molecule is CC(C)OC(=O)c1cccc(S(N)(=O)=O)c1. The number of nitrogens with two attached hydrogens (primary N) is 1. The lowest BCUT2D eigenvalue weighted by molar-refractivity contribution is 0.0377. The standard InChI is InChI=1S/C10H13NO4S/c1-7(2)15-10(12)8-4-3-5-9(6-8)16(11,13)14/h3-7H,1-2H3,(H2,11,13,14). The summed E-state index contributed by atoms with van der Waals surface area (Å²) in [6, 6.07) is 5.43. The molecule has 0 heterocycles. The minimum Gasteiger partial charge on any atom is -0.459 e. The van der Waals surface area contributed by atoms with E-state index in [0.717, 1.165) is 0 Å². The molecule has 0 radical (unpaired) electrons. The van der Waals surface area contributed by atoms with Crippen molar-refractivity contribution in [3.63, 3.8) is 0 Å². The molecule has 88 valence electrons. The minimum atomic E-state index is -3.80. The van der Waals surface area contributed by atoms with Crippen molar-refractivity contribution in [2.75, 3.05) is 0 Å². The fraction of sp³-hybridized carbons (Fsp3) is 0.300. The smallest absolute Gasteiger partial charge is 0.338 e. The van der Waals surface area contributed by atoms with Crippen molar-refractivity contribution in [1.29, 1.82) is 0 Å². The number of sulfonamides is 1. The van der Waals surface area contributed by atoms with Crippen LogP contribution < -0.4 is 5.14 Å². The number of carbonyl (C=O) groups is 1. The van der Waals surface area contributed by atoms with Crippen molar-refractivity contribution in [3.8, 4) is 0 Å². The largest absolute Gasteiger partial charge is 0.459 e. The molecular formula is C10H13NO4S. The Kier molecular flexibility index (Phi) is 3.66. The molecule has 1 aromatic rings. The molecular weight excluding hydrogens is 230 g/mol. The van der Waals surface area contributed by atoms with Gasteiger partial charge in [-0.2, -0.15) is 0 Å². The van der Waals surface area contributed by atoms with Crippen molar-refractivity contribution in [3.05, 3.63) is 29.8 Å². The molecule has 6 heteroatoms. The van der Waals surface area contributed by atoms with Gasteiger partial charge in [-0.1, -0.05) is 6.07 Å². The number of rotatable bonds is 3. The van der Waals surface area contributed by atoms with Gasteiger partial charge in [-0.05, 0) is 32.0 Å². The predicted octanol–water partition coefficient (Wildman–Crippen LogP) is 0.899. The summed E-state index contributed by atoms with van der Waals surface area (Å²) in [5, 5.41) is 4.95. The van der Waals surface area contributed by atoms with Crippen LogP contribution in [0.4, 0.5) is 0 Å². The summed E-state index contributed by atoms with van der Waals surface area (Å²) >= 11 is 0. The molecule has 16 heavy (non-hydrogen) atoms. The van der Waals surface area contributed by atoms with E-state index in [0.29, 0.717) is 0 Å². The quantitative estimate of drug-likeness (QED) is 0.799. The maximum Gasteiger partial charge on any atom is 0.338 e. The summed E-state index contributed by atoms with van der Waals surface area (Å²) in [4.78, 5) is 11.4. The zero-order valence-corrected chi connectivity index (χ0v) is 9.82. The fourth-order valence-corrected chi connectivity index (χ4v) is 1.64. The van der Waals surface area contributed by atoms with Gasteiger partial charge in [-0.25, -0.2) is 18.4 Å². The van der Waals surface area contributed by atoms with Crippen LogP contribution in [0.15, 0.2) is 29.2 Å². The van der Waals surface area contributed by atoms with E-state index in [9.17, 15) is 13.2 Å². The van der Waals surface area contributed by atoms with Crippen molar-refractivity contribution in [2.24, 2.45) is 5.14 Å². The molecule has 0 atom stereocenters. The van der Waals surface area contributed by atoms with Crippen LogP contribution in [0.2, 0.25) is 0 Å². The topological polar surface area (TPSA) is 86.5 Å². The van der Waals surface area contributed by atoms with Gasteiger partial charge in [-0.3, -0.25) is 0 Å². The van der Waals surface area contributed by atoms with Gasteiger partial charge in [0.25, 0.3) is 0 Å². The number of hydrogen-bond acceptors (Lipinski definition) is 4. The molecule has 0 aromatic heterocycles. The Morgan fingerprint density at radius 3 is 2.50 bits per heavy atom. The van der Waals surface area contributed by atoms with Crippen molar-refractivity contribution >= 4 is 16.0 Å². The molecule has 0 spiro atoms. The van der Waals surface area contributed by atoms with Crippen molar-refractivity contribution in [2.45, 2.75) is 24.8 Å². The summed E-state index contributed by atoms with van der Waals surface area (Å²) in [6.45, 7) is 3.42. The van der Waals surface area contributed by atoms with Gasteiger partial charge in [0.05, 0.1) is 16.6 Å². The van der Waals surface area contributed by atoms with E-state index in [1.165, 1.54) is 24.3 Å². The van der Waals surface area contributed by atoms with E-state index in [-0.39, 0.29) is 16.6 Å². The minimum absolute atomic E-state index is 0.106. The third-order valence-corrected chi connectivity index (χ3v) is 2.65. The molecule has 0 aliphatic rings. The van der Waals surface area contributed by atoms with E-state index >= 15 is 0 Å². The molecule has 5 nitrogen and oxygen atoms in total. The van der Waals surface area contributed by atoms with Gasteiger partial charge >= 0.3 is 5.97 Å². The summed E-state index contributed by atoms with van der Waals surface area (Å²) in [5.41, 5.74) is 0.167. The Bertz CT molecular complexity index is 493. The van der Waals surface area contributed by atoms with Crippen LogP contribution >= 0.6 is 0 Å². The molecule has 2 N–H and O–H groups in total. The third kappa shape index (κ3) is 3.32. The van der Waals surface area contributed by atoms with Crippen LogP contribution in [-0.2, 0) is 14.8 Å². The number of carbonyl (C=O) groups excluding carboxylic acids is 1. The van der Waals surface area contributed by atoms with Crippen LogP contribution in [0, 0.1) is 0 Å². The third-order valence-electron chi connectivity index (χ3n) is 1.74. The number of hydrogen-bond donors (Lipinski definition) is 1. The first-order valence-corrected chi connectivity index (χ1v) is 6.19. The van der Waals surface area contributed by atoms with Gasteiger partial charge in [-0.15, -0.1) is 0 Å². The summed E-state index contributed by atoms with van der Waals surface area (Å²) in [5.74, 6) is -0.569. The van der Waals surface area contributed by atoms with Crippen molar-refractivity contribution < 1.29 is 17.9 Å². The highest BCUT2D eigenvalue weighted by Crippen LogP contribution is 2.11. The molecule has 1 rings (SSSR count). The van der Waals surface area contributed by atoms with Gasteiger partial charge in [0, 0.05) is 0 Å². The maximum atomic E-state index is 11.5. The van der Waals surface area contributed by atoms with E-state index < -0.39 is 16.0 Å². The number of benzene rings is 1. The lowest BCUT2D eigenvalue weighted by Crippen LogP contribution is -2.15. The maximum absolute atomic E-state index is 11.5. The predicted molar refractivity (Wildman–Crippen MR) is 58.4 cm³/mol. The molecule has 0 unspecified atom stereocenters. The molecule has 0 amide bonds. The zero-order valence-electron chi connectivity index (χ0n) is 9.01. The second-order valence-corrected chi connectivity index (χ2v) is 5.09. The highest BCUT2D eigenvalue weighted by atomic mass is 32.2. The first-order chi connectivity index (χ1) is 7.30. The second-order valence-electron chi connectivity index (χ2n) is 3.53. The Balaban J connectivity index is 3.04. The average molecular weight is 243 g/mol. The van der Waals surface area contributed by atoms with Gasteiger partial charge in [0.15, 0.2) is 0 Å². The lowest BCUT2D eigenvalue weighted by atomic mass is 10.2. The number of ether oxygens (including phenoxy) is 1. The Labute approximate surface area is 94.3 Å². The molecule has 0 bridgehead atoms. The molecule has 0 fully saturated rings. The number of esters is 1. The first-order valence-electron chi connectivity index (χ1n) is 4.64. The Morgan fingerprint density at radius 2 is 2.00 bits per heavy atom. The van der Waals surface area contributed by atoms with Crippen LogP contribution in [0.25, 0.3) is 0 Å². The lowest BCUT2D eigenvalue weighted by Gasteiger charge is -2.08. The summed E-state index contributed by atoms with van der Waals surface area (Å²) in [6.07, 6.45) is -0.259. The fourth-order valence-electron chi connectivity index (χ4n) is 1.08. The highest BCUT2D eigenvalue weighted by molar-refractivity contribution is 7.89. The zero-order chi connectivity index (χ0) is 12.3. The van der Waals surface area contributed by atoms with E-state index in [2.05, 4.69) is 0 Å². The molecule has 0 saturated carbocycles. The molecule has 0 aliphatic heterocycles. The number of primary sulfonamides is 1. The Hall–Kier alpha value is -1.40. The summed E-state index contributed by atoms with van der Waals surface area (Å²) < 4.78 is 27.0. The Morgan fingerprint density at radius 1 is 1.38 bits per heavy atom. The van der Waals surface area contributed by atoms with Crippen LogP contribution in [0.5, 0.6) is 0 Å². The van der Waals surface area contributed by atoms with E-state index in [1.54, 1.807) is 13.8 Å². The van der Waals surface area contributed by atoms with Gasteiger partial charge < -0.3 is 4.74 Å². The highest BCUT2D eigenvalue weighted by Gasteiger charge is 2.13. The second kappa shape index (κ2) is 4.63. The van der Waals surface area contributed by atoms with E-state index in [4.69, 9.17) is 9.88 Å². The van der Waals surface area contributed by atoms with Crippen LogP contribution in [-0.4, -0.2) is 20.5 Å². The van der Waals surface area contributed by atoms with Crippen molar-refractivity contribution in [1.82, 2.24) is 0 Å². The van der Waals surface area contributed by atoms with Crippen LogP contribution in [0.1, 0.15) is 24.2 Å². The van der Waals surface area contributed by atoms with E-state index in [1.807, 2.05) is 0 Å². The average Bonchev–Trinajstić information content (AvgIpc) is 2.15. The van der Waals surface area contributed by atoms with Gasteiger partial charge in [0.2, 0.25) is 10.0 Å². The summed E-state index contributed by atoms with van der Waals surface area (Å²) in [7, 11) is -3.80.